The number of rotatable bonds is 20. The maximum absolute atomic E-state index is 6.47. The Kier molecular flexibility index (Phi) is 14.2. The van der Waals surface area contributed by atoms with Crippen LogP contribution in [0.2, 0.25) is 26.2 Å². The number of aryl methyl sites for hydroxylation is 2. The van der Waals surface area contributed by atoms with Gasteiger partial charge >= 0.3 is 0 Å². The molecule has 0 unspecified atom stereocenters. The molecule has 4 heteroatoms. The van der Waals surface area contributed by atoms with E-state index in [1.165, 1.54) is 112 Å². The van der Waals surface area contributed by atoms with Crippen LogP contribution in [0, 0.1) is 13.8 Å². The van der Waals surface area contributed by atoms with Crippen LogP contribution in [0.25, 0.3) is 11.1 Å². The molecule has 0 aromatic heterocycles. The molecular weight excluding hydrogens is 545 g/mol. The van der Waals surface area contributed by atoms with Crippen molar-refractivity contribution < 1.29 is 9.47 Å². The summed E-state index contributed by atoms with van der Waals surface area (Å²) in [5, 5.41) is 3.25. The van der Waals surface area contributed by atoms with E-state index in [0.717, 1.165) is 37.6 Å². The summed E-state index contributed by atoms with van der Waals surface area (Å²) < 4.78 is 12.9. The van der Waals surface area contributed by atoms with E-state index in [1.807, 2.05) is 0 Å². The summed E-state index contributed by atoms with van der Waals surface area (Å²) in [4.78, 5) is 0. The SMILES string of the molecule is CCCCCCCCCCOc1cc2c(cc1C)[Si](C)(C)[Si](C)(C)c1cc(C)c(OCCCCCCCCCC)cc1-2. The zero-order valence-electron chi connectivity index (χ0n) is 28.9. The van der Waals surface area contributed by atoms with Gasteiger partial charge < -0.3 is 9.47 Å². The summed E-state index contributed by atoms with van der Waals surface area (Å²) in [7, 11) is -3.32. The summed E-state index contributed by atoms with van der Waals surface area (Å²) in [5.74, 6) is 2.16. The molecule has 0 amide bonds. The van der Waals surface area contributed by atoms with Gasteiger partial charge in [-0.25, -0.2) is 0 Å². The molecule has 0 bridgehead atoms. The second-order valence-corrected chi connectivity index (χ2v) is 29.3. The Morgan fingerprint density at radius 1 is 0.452 bits per heavy atom. The molecule has 0 radical (unpaired) electrons. The molecule has 2 aromatic rings. The number of unbranched alkanes of at least 4 members (excludes halogenated alkanes) is 14. The molecule has 236 valence electrons. The predicted octanol–water partition coefficient (Wildman–Crippen LogP) is 10.9. The van der Waals surface area contributed by atoms with Gasteiger partial charge in [0.05, 0.1) is 28.4 Å². The van der Waals surface area contributed by atoms with Crippen molar-refractivity contribution in [3.05, 3.63) is 35.4 Å². The molecular formula is C38H64O2Si2. The normalized spacial score (nSPS) is 14.9. The van der Waals surface area contributed by atoms with Gasteiger partial charge in [-0.05, 0) is 61.1 Å². The van der Waals surface area contributed by atoms with Gasteiger partial charge in [0.15, 0.2) is 0 Å². The van der Waals surface area contributed by atoms with Crippen LogP contribution in [-0.2, 0) is 0 Å². The lowest BCUT2D eigenvalue weighted by atomic mass is 10.0. The van der Waals surface area contributed by atoms with Crippen LogP contribution in [-0.4, -0.2) is 28.4 Å². The molecule has 0 saturated carbocycles. The Morgan fingerprint density at radius 3 is 1.10 bits per heavy atom. The molecule has 0 atom stereocenters. The topological polar surface area (TPSA) is 18.5 Å². The average molecular weight is 609 g/mol. The van der Waals surface area contributed by atoms with Crippen LogP contribution in [0.1, 0.15) is 128 Å². The van der Waals surface area contributed by atoms with Gasteiger partial charge in [0.2, 0.25) is 0 Å². The maximum Gasteiger partial charge on any atom is 0.122 e. The van der Waals surface area contributed by atoms with Gasteiger partial charge in [-0.1, -0.05) is 152 Å². The van der Waals surface area contributed by atoms with Crippen molar-refractivity contribution in [3.63, 3.8) is 0 Å². The van der Waals surface area contributed by atoms with Crippen molar-refractivity contribution >= 4 is 25.6 Å². The molecule has 0 N–H and O–H groups in total. The van der Waals surface area contributed by atoms with Gasteiger partial charge in [0, 0.05) is 0 Å². The van der Waals surface area contributed by atoms with Gasteiger partial charge in [-0.15, -0.1) is 0 Å². The van der Waals surface area contributed by atoms with E-state index in [0.29, 0.717) is 0 Å². The van der Waals surface area contributed by atoms with Gasteiger partial charge in [-0.3, -0.25) is 0 Å². The molecule has 1 aliphatic heterocycles. The number of fused-ring (bicyclic) bond motifs is 3. The van der Waals surface area contributed by atoms with Gasteiger partial charge in [0.1, 0.15) is 11.5 Å². The molecule has 0 saturated heterocycles. The van der Waals surface area contributed by atoms with E-state index in [4.69, 9.17) is 9.47 Å². The minimum atomic E-state index is -1.66. The second-order valence-electron chi connectivity index (χ2n) is 14.2. The Balaban J connectivity index is 1.70. The largest absolute Gasteiger partial charge is 0.493 e. The van der Waals surface area contributed by atoms with Gasteiger partial charge in [-0.2, -0.15) is 0 Å². The van der Waals surface area contributed by atoms with E-state index < -0.39 is 15.2 Å². The van der Waals surface area contributed by atoms with Crippen molar-refractivity contribution in [2.75, 3.05) is 13.2 Å². The predicted molar refractivity (Wildman–Crippen MR) is 192 cm³/mol. The lowest BCUT2D eigenvalue weighted by Crippen LogP contribution is -2.72. The maximum atomic E-state index is 6.47. The molecule has 3 rings (SSSR count). The first kappa shape index (κ1) is 35.0. The lowest BCUT2D eigenvalue weighted by Gasteiger charge is -2.46. The molecule has 0 spiro atoms. The molecule has 2 nitrogen and oxygen atoms in total. The van der Waals surface area contributed by atoms with E-state index in [-0.39, 0.29) is 0 Å². The minimum Gasteiger partial charge on any atom is -0.493 e. The highest BCUT2D eigenvalue weighted by Gasteiger charge is 2.49. The van der Waals surface area contributed by atoms with Crippen molar-refractivity contribution in [1.82, 2.24) is 0 Å². The van der Waals surface area contributed by atoms with Crippen LogP contribution >= 0.6 is 0 Å². The fourth-order valence-electron chi connectivity index (χ4n) is 6.68. The quantitative estimate of drug-likeness (QED) is 0.110. The molecule has 1 aliphatic rings. The molecule has 0 aliphatic carbocycles. The Morgan fingerprint density at radius 2 is 0.762 bits per heavy atom. The summed E-state index contributed by atoms with van der Waals surface area (Å²) in [6.45, 7) is 21.2. The molecule has 2 aromatic carbocycles. The standard InChI is InChI=1S/C38H64O2Si2/c1-9-11-13-15-17-19-21-23-25-39-35-29-33-34-30-36(40-26-24-22-20-18-16-14-12-10-2)32(4)28-38(34)42(7,8)41(5,6)37(33)27-31(35)3/h27-30H,9-26H2,1-8H3. The number of ether oxygens (including phenoxy) is 2. The lowest BCUT2D eigenvalue weighted by molar-refractivity contribution is 0.302. The third-order valence-corrected chi connectivity index (χ3v) is 28.0. The van der Waals surface area contributed by atoms with Crippen LogP contribution in [0.5, 0.6) is 11.5 Å². The number of benzene rings is 2. The van der Waals surface area contributed by atoms with E-state index in [9.17, 15) is 0 Å². The van der Waals surface area contributed by atoms with E-state index in [1.54, 1.807) is 10.4 Å². The van der Waals surface area contributed by atoms with Gasteiger partial charge in [0.25, 0.3) is 0 Å². The highest BCUT2D eigenvalue weighted by molar-refractivity contribution is 7.50. The molecule has 0 fully saturated rings. The summed E-state index contributed by atoms with van der Waals surface area (Å²) in [6.07, 6.45) is 21.3. The monoisotopic (exact) mass is 608 g/mol. The van der Waals surface area contributed by atoms with Crippen molar-refractivity contribution in [3.8, 4) is 22.6 Å². The first-order chi connectivity index (χ1) is 20.1. The fourth-order valence-corrected chi connectivity index (χ4v) is 16.2. The number of hydrogen-bond donors (Lipinski definition) is 0. The third-order valence-electron chi connectivity index (χ3n) is 10.3. The van der Waals surface area contributed by atoms with E-state index in [2.05, 4.69) is 78.1 Å². The Bertz CT molecular complexity index is 1020. The number of hydrogen-bond acceptors (Lipinski definition) is 2. The Hall–Kier alpha value is -1.53. The fraction of sp³-hybridized carbons (Fsp3) is 0.684. The van der Waals surface area contributed by atoms with Crippen molar-refractivity contribution in [2.24, 2.45) is 0 Å². The molecule has 42 heavy (non-hydrogen) atoms. The first-order valence-electron chi connectivity index (χ1n) is 17.7. The van der Waals surface area contributed by atoms with Crippen LogP contribution in [0.3, 0.4) is 0 Å². The second kappa shape index (κ2) is 17.1. The van der Waals surface area contributed by atoms with Crippen molar-refractivity contribution in [1.29, 1.82) is 0 Å². The smallest absolute Gasteiger partial charge is 0.122 e. The van der Waals surface area contributed by atoms with Crippen molar-refractivity contribution in [2.45, 2.75) is 157 Å². The summed E-state index contributed by atoms with van der Waals surface area (Å²) >= 11 is 0. The molecule has 1 heterocycles. The summed E-state index contributed by atoms with van der Waals surface area (Å²) in [5.41, 5.74) is 5.45. The van der Waals surface area contributed by atoms with E-state index >= 15 is 0 Å². The first-order valence-corrected chi connectivity index (χ1v) is 24.7. The minimum absolute atomic E-state index is 0.823. The third kappa shape index (κ3) is 9.00. The Labute approximate surface area is 262 Å². The average Bonchev–Trinajstić information content (AvgIpc) is 2.95. The van der Waals surface area contributed by atoms with Crippen LogP contribution < -0.4 is 19.8 Å². The summed E-state index contributed by atoms with van der Waals surface area (Å²) in [6, 6.07) is 9.79. The highest BCUT2D eigenvalue weighted by Crippen LogP contribution is 2.38. The van der Waals surface area contributed by atoms with Crippen LogP contribution in [0.4, 0.5) is 0 Å². The zero-order valence-corrected chi connectivity index (χ0v) is 30.9. The van der Waals surface area contributed by atoms with Crippen LogP contribution in [0.15, 0.2) is 24.3 Å². The highest BCUT2D eigenvalue weighted by atomic mass is 29.3. The zero-order chi connectivity index (χ0) is 30.6.